The third-order valence-corrected chi connectivity index (χ3v) is 3.56. The van der Waals surface area contributed by atoms with E-state index in [1.54, 1.807) is 13.4 Å². The fraction of sp³-hybridized carbons (Fsp3) is 0.667. The molecule has 2 rings (SSSR count). The van der Waals surface area contributed by atoms with Crippen molar-refractivity contribution in [2.75, 3.05) is 39.9 Å². The summed E-state index contributed by atoms with van der Waals surface area (Å²) in [6, 6.07) is 3.87. The molecule has 0 aliphatic carbocycles. The molecule has 0 amide bonds. The Kier molecular flexibility index (Phi) is 6.56. The van der Waals surface area contributed by atoms with Gasteiger partial charge in [0.15, 0.2) is 5.96 Å². The summed E-state index contributed by atoms with van der Waals surface area (Å²) in [7, 11) is 1.68. The number of hydrogen-bond acceptors (Lipinski definition) is 4. The van der Waals surface area contributed by atoms with E-state index in [-0.39, 0.29) is 6.10 Å². The second-order valence-corrected chi connectivity index (χ2v) is 5.17. The van der Waals surface area contributed by atoms with E-state index in [0.717, 1.165) is 50.6 Å². The zero-order valence-electron chi connectivity index (χ0n) is 12.6. The highest BCUT2D eigenvalue weighted by Gasteiger charge is 2.19. The second kappa shape index (κ2) is 8.69. The van der Waals surface area contributed by atoms with Crippen molar-refractivity contribution in [3.05, 3.63) is 24.2 Å². The molecule has 2 heterocycles. The molecule has 1 fully saturated rings. The quantitative estimate of drug-likeness (QED) is 0.463. The van der Waals surface area contributed by atoms with E-state index < -0.39 is 0 Å². The van der Waals surface area contributed by atoms with Crippen molar-refractivity contribution in [1.29, 1.82) is 0 Å². The summed E-state index contributed by atoms with van der Waals surface area (Å²) in [4.78, 5) is 6.77. The third kappa shape index (κ3) is 5.40. The number of aliphatic hydroxyl groups is 1. The Hall–Kier alpha value is -1.53. The molecular formula is C15H25N3O3. The van der Waals surface area contributed by atoms with Crippen molar-refractivity contribution in [1.82, 2.24) is 10.2 Å². The topological polar surface area (TPSA) is 70.2 Å². The van der Waals surface area contributed by atoms with Crippen LogP contribution in [0.5, 0.6) is 0 Å². The van der Waals surface area contributed by atoms with E-state index in [0.29, 0.717) is 13.2 Å². The summed E-state index contributed by atoms with van der Waals surface area (Å²) in [6.45, 7) is 3.69. The van der Waals surface area contributed by atoms with Gasteiger partial charge in [-0.15, -0.1) is 0 Å². The van der Waals surface area contributed by atoms with E-state index in [4.69, 9.17) is 9.15 Å². The fourth-order valence-corrected chi connectivity index (χ4v) is 2.34. The van der Waals surface area contributed by atoms with Crippen LogP contribution >= 0.6 is 0 Å². The molecule has 0 spiro atoms. The molecule has 6 nitrogen and oxygen atoms in total. The molecule has 0 atom stereocenters. The first-order valence-corrected chi connectivity index (χ1v) is 7.52. The van der Waals surface area contributed by atoms with Crippen LogP contribution in [0.4, 0.5) is 0 Å². The minimum Gasteiger partial charge on any atom is -0.469 e. The minimum atomic E-state index is -0.176. The molecule has 1 aliphatic rings. The number of guanidine groups is 1. The van der Waals surface area contributed by atoms with Gasteiger partial charge in [-0.3, -0.25) is 4.99 Å². The van der Waals surface area contributed by atoms with Crippen LogP contribution in [0, 0.1) is 0 Å². The molecule has 2 N–H and O–H groups in total. The van der Waals surface area contributed by atoms with Crippen LogP contribution in [0.2, 0.25) is 0 Å². The first-order valence-electron chi connectivity index (χ1n) is 7.52. The Balaban J connectivity index is 1.84. The predicted octanol–water partition coefficient (Wildman–Crippen LogP) is 0.871. The zero-order chi connectivity index (χ0) is 14.9. The van der Waals surface area contributed by atoms with Gasteiger partial charge in [-0.05, 0) is 25.0 Å². The van der Waals surface area contributed by atoms with Crippen molar-refractivity contribution >= 4 is 5.96 Å². The molecule has 1 aromatic rings. The monoisotopic (exact) mass is 295 g/mol. The molecule has 0 aromatic carbocycles. The number of nitrogens with zero attached hydrogens (tertiary/aromatic N) is 2. The second-order valence-electron chi connectivity index (χ2n) is 5.17. The maximum atomic E-state index is 9.60. The highest BCUT2D eigenvalue weighted by Crippen LogP contribution is 2.10. The molecular weight excluding hydrogens is 270 g/mol. The highest BCUT2D eigenvalue weighted by molar-refractivity contribution is 5.80. The van der Waals surface area contributed by atoms with Gasteiger partial charge in [-0.25, -0.2) is 0 Å². The number of aliphatic imine (C=N–C) groups is 1. The Morgan fingerprint density at radius 2 is 2.33 bits per heavy atom. The minimum absolute atomic E-state index is 0.176. The number of piperidine rings is 1. The molecule has 6 heteroatoms. The van der Waals surface area contributed by atoms with Crippen molar-refractivity contribution < 1.29 is 14.3 Å². The SMILES string of the molecule is COCCN=C(NCCc1ccco1)N1CCC(O)CC1. The summed E-state index contributed by atoms with van der Waals surface area (Å²) in [5.41, 5.74) is 0. The number of nitrogens with one attached hydrogen (secondary N) is 1. The lowest BCUT2D eigenvalue weighted by Gasteiger charge is -2.32. The molecule has 0 bridgehead atoms. The molecule has 0 unspecified atom stereocenters. The van der Waals surface area contributed by atoms with Gasteiger partial charge in [-0.1, -0.05) is 0 Å². The summed E-state index contributed by atoms with van der Waals surface area (Å²) >= 11 is 0. The lowest BCUT2D eigenvalue weighted by molar-refractivity contribution is 0.107. The molecule has 1 aliphatic heterocycles. The average molecular weight is 295 g/mol. The number of aliphatic hydroxyl groups excluding tert-OH is 1. The van der Waals surface area contributed by atoms with E-state index in [1.807, 2.05) is 12.1 Å². The van der Waals surface area contributed by atoms with Gasteiger partial charge >= 0.3 is 0 Å². The largest absolute Gasteiger partial charge is 0.469 e. The highest BCUT2D eigenvalue weighted by atomic mass is 16.5. The Labute approximate surface area is 125 Å². The number of methoxy groups -OCH3 is 1. The normalized spacial score (nSPS) is 17.2. The van der Waals surface area contributed by atoms with Crippen LogP contribution < -0.4 is 5.32 Å². The molecule has 0 radical (unpaired) electrons. The molecule has 1 aromatic heterocycles. The lowest BCUT2D eigenvalue weighted by atomic mass is 10.1. The van der Waals surface area contributed by atoms with Crippen molar-refractivity contribution in [2.45, 2.75) is 25.4 Å². The van der Waals surface area contributed by atoms with E-state index in [2.05, 4.69) is 15.2 Å². The standard InChI is InChI=1S/C15H25N3O3/c1-20-12-8-17-15(18-9-5-13(19)6-10-18)16-7-4-14-3-2-11-21-14/h2-3,11,13,19H,4-10,12H2,1H3,(H,16,17). The summed E-state index contributed by atoms with van der Waals surface area (Å²) in [5.74, 6) is 1.86. The lowest BCUT2D eigenvalue weighted by Crippen LogP contribution is -2.47. The van der Waals surface area contributed by atoms with Gasteiger partial charge in [0.05, 0.1) is 25.5 Å². The fourth-order valence-electron chi connectivity index (χ4n) is 2.34. The molecule has 21 heavy (non-hydrogen) atoms. The number of likely N-dealkylation sites (tertiary alicyclic amines) is 1. The maximum absolute atomic E-state index is 9.60. The van der Waals surface area contributed by atoms with Gasteiger partial charge in [-0.2, -0.15) is 0 Å². The first-order chi connectivity index (χ1) is 10.3. The number of furan rings is 1. The van der Waals surface area contributed by atoms with Crippen LogP contribution in [0.25, 0.3) is 0 Å². The summed E-state index contributed by atoms with van der Waals surface area (Å²) < 4.78 is 10.4. The zero-order valence-corrected chi connectivity index (χ0v) is 12.6. The first kappa shape index (κ1) is 15.9. The van der Waals surface area contributed by atoms with Gasteiger partial charge in [0.25, 0.3) is 0 Å². The van der Waals surface area contributed by atoms with E-state index >= 15 is 0 Å². The number of rotatable bonds is 6. The molecule has 1 saturated heterocycles. The van der Waals surface area contributed by atoms with Crippen LogP contribution in [-0.4, -0.2) is 62.0 Å². The Bertz CT molecular complexity index is 412. The van der Waals surface area contributed by atoms with Crippen LogP contribution in [0.3, 0.4) is 0 Å². The summed E-state index contributed by atoms with van der Waals surface area (Å²) in [6.07, 6.45) is 3.93. The van der Waals surface area contributed by atoms with Crippen LogP contribution in [0.1, 0.15) is 18.6 Å². The third-order valence-electron chi connectivity index (χ3n) is 3.56. The smallest absolute Gasteiger partial charge is 0.194 e. The summed E-state index contributed by atoms with van der Waals surface area (Å²) in [5, 5.41) is 13.0. The van der Waals surface area contributed by atoms with Crippen molar-refractivity contribution in [3.63, 3.8) is 0 Å². The van der Waals surface area contributed by atoms with E-state index in [9.17, 15) is 5.11 Å². The van der Waals surface area contributed by atoms with Crippen molar-refractivity contribution in [3.8, 4) is 0 Å². The predicted molar refractivity (Wildman–Crippen MR) is 81.4 cm³/mol. The van der Waals surface area contributed by atoms with Gasteiger partial charge in [0.2, 0.25) is 0 Å². The van der Waals surface area contributed by atoms with Gasteiger partial charge < -0.3 is 24.5 Å². The maximum Gasteiger partial charge on any atom is 0.194 e. The van der Waals surface area contributed by atoms with Crippen LogP contribution in [0.15, 0.2) is 27.8 Å². The van der Waals surface area contributed by atoms with Gasteiger partial charge in [0.1, 0.15) is 5.76 Å². The van der Waals surface area contributed by atoms with Gasteiger partial charge in [0, 0.05) is 33.2 Å². The van der Waals surface area contributed by atoms with E-state index in [1.165, 1.54) is 0 Å². The number of ether oxygens (including phenoxy) is 1. The van der Waals surface area contributed by atoms with Crippen molar-refractivity contribution in [2.24, 2.45) is 4.99 Å². The molecule has 118 valence electrons. The molecule has 0 saturated carbocycles. The Morgan fingerprint density at radius 3 is 3.00 bits per heavy atom. The van der Waals surface area contributed by atoms with Crippen LogP contribution in [-0.2, 0) is 11.2 Å². The number of hydrogen-bond donors (Lipinski definition) is 2. The average Bonchev–Trinajstić information content (AvgIpc) is 3.00. The Morgan fingerprint density at radius 1 is 1.52 bits per heavy atom.